The molecule has 0 spiro atoms. The Labute approximate surface area is 119 Å². The third-order valence-electron chi connectivity index (χ3n) is 2.45. The maximum Gasteiger partial charge on any atom is 0.378 e. The number of hydrogen-bond donors (Lipinski definition) is 1. The number of aliphatic carboxylic acids is 1. The van der Waals surface area contributed by atoms with E-state index < -0.39 is 11.8 Å². The van der Waals surface area contributed by atoms with Crippen LogP contribution in [0.15, 0.2) is 47.9 Å². The first-order valence-electron chi connectivity index (χ1n) is 5.87. The molecule has 1 N–H and O–H groups in total. The van der Waals surface area contributed by atoms with Crippen molar-refractivity contribution in [2.75, 3.05) is 6.61 Å². The van der Waals surface area contributed by atoms with E-state index in [2.05, 4.69) is 0 Å². The minimum Gasteiger partial charge on any atom is -0.489 e. The number of carbonyl (C=O) groups excluding carboxylic acids is 1. The van der Waals surface area contributed by atoms with Gasteiger partial charge < -0.3 is 9.84 Å². The van der Waals surface area contributed by atoms with Gasteiger partial charge in [0.1, 0.15) is 12.4 Å². The molecule has 20 heavy (non-hydrogen) atoms. The number of benzene rings is 1. The predicted molar refractivity (Wildman–Crippen MR) is 77.3 cm³/mol. The van der Waals surface area contributed by atoms with Crippen molar-refractivity contribution in [1.29, 1.82) is 0 Å². The molecule has 0 saturated heterocycles. The molecule has 0 bridgehead atoms. The van der Waals surface area contributed by atoms with Crippen LogP contribution < -0.4 is 4.74 Å². The van der Waals surface area contributed by atoms with E-state index in [0.29, 0.717) is 12.4 Å². The van der Waals surface area contributed by atoms with Gasteiger partial charge in [-0.3, -0.25) is 4.79 Å². The lowest BCUT2D eigenvalue weighted by Gasteiger charge is -1.98. The predicted octanol–water partition coefficient (Wildman–Crippen LogP) is 3.11. The van der Waals surface area contributed by atoms with Gasteiger partial charge in [0.15, 0.2) is 0 Å². The van der Waals surface area contributed by atoms with Crippen molar-refractivity contribution in [3.63, 3.8) is 0 Å². The maximum absolute atomic E-state index is 11.2. The summed E-state index contributed by atoms with van der Waals surface area (Å²) >= 11 is 1.06. The van der Waals surface area contributed by atoms with Crippen molar-refractivity contribution < 1.29 is 19.4 Å². The number of hydrogen-bond acceptors (Lipinski definition) is 4. The molecule has 0 amide bonds. The minimum atomic E-state index is -1.46. The summed E-state index contributed by atoms with van der Waals surface area (Å²) in [6.07, 6.45) is 3.78. The molecule has 0 saturated carbocycles. The Morgan fingerprint density at radius 3 is 2.70 bits per heavy atom. The van der Waals surface area contributed by atoms with Crippen LogP contribution in [-0.4, -0.2) is 23.5 Å². The fourth-order valence-electron chi connectivity index (χ4n) is 1.51. The van der Waals surface area contributed by atoms with Crippen LogP contribution in [0.4, 0.5) is 0 Å². The first-order valence-corrected chi connectivity index (χ1v) is 6.75. The van der Waals surface area contributed by atoms with Gasteiger partial charge in [-0.2, -0.15) is 0 Å². The molecule has 102 valence electrons. The largest absolute Gasteiger partial charge is 0.489 e. The van der Waals surface area contributed by atoms with Crippen molar-refractivity contribution in [2.45, 2.75) is 0 Å². The van der Waals surface area contributed by atoms with Crippen LogP contribution in [0.3, 0.4) is 0 Å². The van der Waals surface area contributed by atoms with Gasteiger partial charge in [0, 0.05) is 11.4 Å². The van der Waals surface area contributed by atoms with Gasteiger partial charge in [-0.05, 0) is 11.6 Å². The Balaban J connectivity index is 1.87. The average Bonchev–Trinajstić information content (AvgIpc) is 2.92. The summed E-state index contributed by atoms with van der Waals surface area (Å²) in [6, 6.07) is 11.2. The average molecular weight is 288 g/mol. The van der Waals surface area contributed by atoms with Crippen LogP contribution >= 0.6 is 11.3 Å². The second-order valence-corrected chi connectivity index (χ2v) is 4.82. The van der Waals surface area contributed by atoms with Gasteiger partial charge in [0.2, 0.25) is 0 Å². The molecule has 0 fully saturated rings. The molecule has 1 heterocycles. The van der Waals surface area contributed by atoms with Gasteiger partial charge in [-0.25, -0.2) is 4.79 Å². The quantitative estimate of drug-likeness (QED) is 0.655. The summed E-state index contributed by atoms with van der Waals surface area (Å²) in [4.78, 5) is 21.9. The second-order valence-electron chi connectivity index (χ2n) is 3.90. The zero-order valence-corrected chi connectivity index (χ0v) is 11.3. The van der Waals surface area contributed by atoms with E-state index in [1.54, 1.807) is 5.38 Å². The third-order valence-corrected chi connectivity index (χ3v) is 3.36. The molecule has 2 rings (SSSR count). The molecule has 0 atom stereocenters. The Kier molecular flexibility index (Phi) is 4.68. The number of thiophene rings is 1. The zero-order valence-electron chi connectivity index (χ0n) is 10.5. The van der Waals surface area contributed by atoms with Crippen LogP contribution in [0.1, 0.15) is 15.2 Å². The van der Waals surface area contributed by atoms with E-state index in [1.807, 2.05) is 42.5 Å². The number of ether oxygens (including phenoxy) is 1. The highest BCUT2D eigenvalue weighted by Gasteiger charge is 2.16. The van der Waals surface area contributed by atoms with Crippen LogP contribution in [0.5, 0.6) is 5.75 Å². The Bertz CT molecular complexity index is 628. The van der Waals surface area contributed by atoms with E-state index in [4.69, 9.17) is 9.84 Å². The van der Waals surface area contributed by atoms with E-state index in [0.717, 1.165) is 16.9 Å². The standard InChI is InChI=1S/C15H12O4S/c16-14(15(17)18)13-9-12(10-20-13)19-8-4-7-11-5-2-1-3-6-11/h1-7,9-10H,8H2,(H,17,18). The molecule has 4 nitrogen and oxygen atoms in total. The first-order chi connectivity index (χ1) is 9.66. The van der Waals surface area contributed by atoms with Crippen LogP contribution in [0, 0.1) is 0 Å². The Morgan fingerprint density at radius 1 is 1.25 bits per heavy atom. The fraction of sp³-hybridized carbons (Fsp3) is 0.0667. The molecule has 0 aliphatic carbocycles. The summed E-state index contributed by atoms with van der Waals surface area (Å²) < 4.78 is 5.42. The van der Waals surface area contributed by atoms with Crippen molar-refractivity contribution in [3.8, 4) is 5.75 Å². The van der Waals surface area contributed by atoms with Gasteiger partial charge in [-0.1, -0.05) is 36.4 Å². The summed E-state index contributed by atoms with van der Waals surface area (Å²) in [5.41, 5.74) is 1.07. The molecule has 0 unspecified atom stereocenters. The molecule has 2 aromatic rings. The monoisotopic (exact) mass is 288 g/mol. The number of carboxylic acid groups (broad SMARTS) is 1. The summed E-state index contributed by atoms with van der Waals surface area (Å²) in [6.45, 7) is 0.354. The molecule has 1 aromatic heterocycles. The van der Waals surface area contributed by atoms with Crippen molar-refractivity contribution in [2.24, 2.45) is 0 Å². The van der Waals surface area contributed by atoms with Gasteiger partial charge >= 0.3 is 5.97 Å². The second kappa shape index (κ2) is 6.68. The van der Waals surface area contributed by atoms with E-state index >= 15 is 0 Å². The van der Waals surface area contributed by atoms with Crippen LogP contribution in [0.2, 0.25) is 0 Å². The highest BCUT2D eigenvalue weighted by atomic mass is 32.1. The lowest BCUT2D eigenvalue weighted by molar-refractivity contribution is -0.131. The lowest BCUT2D eigenvalue weighted by Crippen LogP contribution is -2.10. The SMILES string of the molecule is O=C(O)C(=O)c1cc(OCC=Cc2ccccc2)cs1. The molecule has 0 aliphatic heterocycles. The lowest BCUT2D eigenvalue weighted by atomic mass is 10.2. The fourth-order valence-corrected chi connectivity index (χ4v) is 2.27. The molecular weight excluding hydrogens is 276 g/mol. The van der Waals surface area contributed by atoms with Crippen LogP contribution in [-0.2, 0) is 4.79 Å². The number of carbonyl (C=O) groups is 2. The molecule has 1 aromatic carbocycles. The van der Waals surface area contributed by atoms with Gasteiger partial charge in [-0.15, -0.1) is 11.3 Å². The normalized spacial score (nSPS) is 10.6. The van der Waals surface area contributed by atoms with Gasteiger partial charge in [0.05, 0.1) is 4.88 Å². The molecule has 0 aliphatic rings. The van der Waals surface area contributed by atoms with Gasteiger partial charge in [0.25, 0.3) is 5.78 Å². The first kappa shape index (κ1) is 14.0. The van der Waals surface area contributed by atoms with Crippen molar-refractivity contribution in [1.82, 2.24) is 0 Å². The van der Waals surface area contributed by atoms with E-state index in [-0.39, 0.29) is 4.88 Å². The van der Waals surface area contributed by atoms with Crippen molar-refractivity contribution in [3.05, 3.63) is 58.3 Å². The molecular formula is C15H12O4S. The number of rotatable bonds is 6. The summed E-state index contributed by atoms with van der Waals surface area (Å²) in [5, 5.41) is 10.2. The maximum atomic E-state index is 11.2. The van der Waals surface area contributed by atoms with E-state index in [9.17, 15) is 9.59 Å². The highest BCUT2D eigenvalue weighted by molar-refractivity contribution is 7.13. The smallest absolute Gasteiger partial charge is 0.378 e. The van der Waals surface area contributed by atoms with Crippen molar-refractivity contribution >= 4 is 29.2 Å². The number of carboxylic acids is 1. The zero-order chi connectivity index (χ0) is 14.4. The number of ketones is 1. The summed E-state index contributed by atoms with van der Waals surface area (Å²) in [7, 11) is 0. The molecule has 0 radical (unpaired) electrons. The third kappa shape index (κ3) is 3.80. The topological polar surface area (TPSA) is 63.6 Å². The Morgan fingerprint density at radius 2 is 2.00 bits per heavy atom. The van der Waals surface area contributed by atoms with E-state index in [1.165, 1.54) is 6.07 Å². The Hall–Kier alpha value is -2.40. The number of Topliss-reactive ketones (excluding diaryl/α,β-unsaturated/α-hetero) is 1. The highest BCUT2D eigenvalue weighted by Crippen LogP contribution is 2.22. The minimum absolute atomic E-state index is 0.166. The molecule has 5 heteroatoms. The summed E-state index contributed by atoms with van der Waals surface area (Å²) in [5.74, 6) is -1.87. The van der Waals surface area contributed by atoms with Crippen LogP contribution in [0.25, 0.3) is 6.08 Å².